The second kappa shape index (κ2) is 6.02. The van der Waals surface area contributed by atoms with E-state index in [1.54, 1.807) is 0 Å². The molecule has 2 aliphatic heterocycles. The third-order valence-electron chi connectivity index (χ3n) is 4.79. The number of fused-ring (bicyclic) bond motifs is 2. The summed E-state index contributed by atoms with van der Waals surface area (Å²) in [5.74, 6) is -0.505. The van der Waals surface area contributed by atoms with Crippen LogP contribution in [0.1, 0.15) is 31.2 Å². The quantitative estimate of drug-likeness (QED) is 0.724. The van der Waals surface area contributed by atoms with Crippen LogP contribution in [0, 0.1) is 0 Å². The fraction of sp³-hybridized carbons (Fsp3) is 0.529. The van der Waals surface area contributed by atoms with Crippen molar-refractivity contribution in [2.24, 2.45) is 0 Å². The van der Waals surface area contributed by atoms with Gasteiger partial charge in [-0.15, -0.1) is 0 Å². The SMILES string of the molecule is CN1C2C=C(c3ccc(OC(F)(F)C(F)(F)F)cc3)CC1CCC2. The van der Waals surface area contributed by atoms with Gasteiger partial charge in [0, 0.05) is 12.1 Å². The number of ether oxygens (including phenoxy) is 1. The largest absolute Gasteiger partial charge is 0.499 e. The summed E-state index contributed by atoms with van der Waals surface area (Å²) in [5.41, 5.74) is 1.94. The summed E-state index contributed by atoms with van der Waals surface area (Å²) in [6.45, 7) is 0. The maximum Gasteiger partial charge on any atom is 0.499 e. The second-order valence-electron chi connectivity index (χ2n) is 6.35. The summed E-state index contributed by atoms with van der Waals surface area (Å²) in [4.78, 5) is 2.34. The molecule has 1 aromatic rings. The molecular formula is C17H18F5NO. The predicted molar refractivity (Wildman–Crippen MR) is 79.9 cm³/mol. The first-order chi connectivity index (χ1) is 11.2. The van der Waals surface area contributed by atoms with Crippen molar-refractivity contribution in [1.29, 1.82) is 0 Å². The summed E-state index contributed by atoms with van der Waals surface area (Å²) in [5, 5.41) is 0. The fourth-order valence-electron chi connectivity index (χ4n) is 3.40. The molecule has 132 valence electrons. The van der Waals surface area contributed by atoms with Crippen molar-refractivity contribution < 1.29 is 26.7 Å². The zero-order chi connectivity index (χ0) is 17.5. The normalized spacial score (nSPS) is 25.3. The van der Waals surface area contributed by atoms with Gasteiger partial charge < -0.3 is 4.74 Å². The van der Waals surface area contributed by atoms with Crippen LogP contribution in [0.2, 0.25) is 0 Å². The van der Waals surface area contributed by atoms with Gasteiger partial charge in [0.05, 0.1) is 0 Å². The number of piperidine rings is 1. The Labute approximate surface area is 136 Å². The summed E-state index contributed by atoms with van der Waals surface area (Å²) >= 11 is 0. The van der Waals surface area contributed by atoms with Crippen molar-refractivity contribution in [2.75, 3.05) is 7.05 Å². The van der Waals surface area contributed by atoms with E-state index in [9.17, 15) is 22.0 Å². The lowest BCUT2D eigenvalue weighted by Gasteiger charge is -2.42. The molecule has 2 unspecified atom stereocenters. The van der Waals surface area contributed by atoms with Gasteiger partial charge in [-0.05, 0) is 49.6 Å². The van der Waals surface area contributed by atoms with Crippen molar-refractivity contribution >= 4 is 5.57 Å². The third-order valence-corrected chi connectivity index (χ3v) is 4.79. The van der Waals surface area contributed by atoms with Gasteiger partial charge in [-0.1, -0.05) is 24.6 Å². The molecule has 1 fully saturated rings. The van der Waals surface area contributed by atoms with Crippen molar-refractivity contribution in [3.63, 3.8) is 0 Å². The van der Waals surface area contributed by atoms with Crippen LogP contribution in [0.3, 0.4) is 0 Å². The van der Waals surface area contributed by atoms with Crippen LogP contribution in [0.4, 0.5) is 22.0 Å². The van der Waals surface area contributed by atoms with Gasteiger partial charge >= 0.3 is 12.3 Å². The molecule has 0 aliphatic carbocycles. The molecule has 1 aromatic carbocycles. The molecule has 2 aliphatic rings. The van der Waals surface area contributed by atoms with Crippen LogP contribution in [0.5, 0.6) is 5.75 Å². The number of hydrogen-bond acceptors (Lipinski definition) is 2. The van der Waals surface area contributed by atoms with Crippen LogP contribution in [0.15, 0.2) is 30.3 Å². The average Bonchev–Trinajstić information content (AvgIpc) is 2.46. The topological polar surface area (TPSA) is 12.5 Å². The van der Waals surface area contributed by atoms with Crippen molar-refractivity contribution in [1.82, 2.24) is 4.90 Å². The zero-order valence-corrected chi connectivity index (χ0v) is 13.1. The van der Waals surface area contributed by atoms with Crippen LogP contribution >= 0.6 is 0 Å². The van der Waals surface area contributed by atoms with E-state index in [2.05, 4.69) is 22.8 Å². The molecule has 3 rings (SSSR count). The number of rotatable bonds is 3. The summed E-state index contributed by atoms with van der Waals surface area (Å²) < 4.78 is 66.1. The molecule has 1 saturated heterocycles. The van der Waals surface area contributed by atoms with Crippen LogP contribution in [0.25, 0.3) is 5.57 Å². The first kappa shape index (κ1) is 17.2. The van der Waals surface area contributed by atoms with Crippen LogP contribution < -0.4 is 4.74 Å². The van der Waals surface area contributed by atoms with E-state index in [4.69, 9.17) is 0 Å². The summed E-state index contributed by atoms with van der Waals surface area (Å²) in [6, 6.07) is 6.20. The first-order valence-corrected chi connectivity index (χ1v) is 7.84. The Bertz CT molecular complexity index is 623. The highest BCUT2D eigenvalue weighted by Crippen LogP contribution is 2.39. The Hall–Kier alpha value is -1.63. The molecule has 2 atom stereocenters. The number of likely N-dealkylation sites (N-methyl/N-ethyl adjacent to an activating group) is 1. The van der Waals surface area contributed by atoms with Crippen molar-refractivity contribution in [3.05, 3.63) is 35.9 Å². The standard InChI is InChI=1S/C17H18F5NO/c1-23-13-3-2-4-14(23)10-12(9-13)11-5-7-15(8-6-11)24-17(21,22)16(18,19)20/h5-9,13-14H,2-4,10H2,1H3. The molecule has 0 N–H and O–H groups in total. The van der Waals surface area contributed by atoms with E-state index < -0.39 is 18.0 Å². The smallest absolute Gasteiger partial charge is 0.426 e. The average molecular weight is 347 g/mol. The summed E-state index contributed by atoms with van der Waals surface area (Å²) in [7, 11) is 2.10. The highest BCUT2D eigenvalue weighted by Gasteiger charge is 2.61. The molecule has 0 saturated carbocycles. The highest BCUT2D eigenvalue weighted by atomic mass is 19.4. The molecule has 7 heteroatoms. The molecule has 24 heavy (non-hydrogen) atoms. The molecule has 2 bridgehead atoms. The van der Waals surface area contributed by atoms with E-state index in [-0.39, 0.29) is 0 Å². The van der Waals surface area contributed by atoms with E-state index in [1.807, 2.05) is 0 Å². The van der Waals surface area contributed by atoms with Crippen molar-refractivity contribution in [3.8, 4) is 5.75 Å². The minimum absolute atomic E-state index is 0.359. The highest BCUT2D eigenvalue weighted by molar-refractivity contribution is 5.68. The minimum Gasteiger partial charge on any atom is -0.426 e. The molecule has 0 radical (unpaired) electrons. The monoisotopic (exact) mass is 347 g/mol. The summed E-state index contributed by atoms with van der Waals surface area (Å²) in [6.07, 6.45) is -4.54. The van der Waals surface area contributed by atoms with E-state index in [0.717, 1.165) is 42.5 Å². The number of halogens is 5. The lowest BCUT2D eigenvalue weighted by Crippen LogP contribution is -2.45. The van der Waals surface area contributed by atoms with Gasteiger partial charge in [0.15, 0.2) is 0 Å². The molecule has 0 aromatic heterocycles. The Morgan fingerprint density at radius 1 is 1.04 bits per heavy atom. The number of alkyl halides is 5. The maximum atomic E-state index is 12.9. The van der Waals surface area contributed by atoms with Gasteiger partial charge in [-0.25, -0.2) is 0 Å². The third kappa shape index (κ3) is 3.27. The van der Waals surface area contributed by atoms with Gasteiger partial charge in [-0.2, -0.15) is 22.0 Å². The molecule has 2 nitrogen and oxygen atoms in total. The Morgan fingerprint density at radius 2 is 1.71 bits per heavy atom. The van der Waals surface area contributed by atoms with E-state index in [1.165, 1.54) is 18.6 Å². The first-order valence-electron chi connectivity index (χ1n) is 7.84. The van der Waals surface area contributed by atoms with Gasteiger partial charge in [0.1, 0.15) is 5.75 Å². The van der Waals surface area contributed by atoms with Gasteiger partial charge in [0.25, 0.3) is 0 Å². The van der Waals surface area contributed by atoms with E-state index >= 15 is 0 Å². The molecule has 2 heterocycles. The fourth-order valence-corrected chi connectivity index (χ4v) is 3.40. The Kier molecular flexibility index (Phi) is 4.32. The Morgan fingerprint density at radius 3 is 2.29 bits per heavy atom. The number of nitrogens with zero attached hydrogens (tertiary/aromatic N) is 1. The van der Waals surface area contributed by atoms with Gasteiger partial charge in [0.2, 0.25) is 0 Å². The predicted octanol–water partition coefficient (Wildman–Crippen LogP) is 4.86. The number of benzene rings is 1. The van der Waals surface area contributed by atoms with Crippen LogP contribution in [-0.4, -0.2) is 36.3 Å². The lowest BCUT2D eigenvalue weighted by molar-refractivity contribution is -0.360. The maximum absolute atomic E-state index is 12.9. The zero-order valence-electron chi connectivity index (χ0n) is 13.1. The van der Waals surface area contributed by atoms with Crippen LogP contribution in [-0.2, 0) is 0 Å². The van der Waals surface area contributed by atoms with Gasteiger partial charge in [-0.3, -0.25) is 4.90 Å². The second-order valence-corrected chi connectivity index (χ2v) is 6.35. The molecule has 0 amide bonds. The minimum atomic E-state index is -5.74. The number of hydrogen-bond donors (Lipinski definition) is 0. The molecular weight excluding hydrogens is 329 g/mol. The Balaban J connectivity index is 1.76. The lowest BCUT2D eigenvalue weighted by atomic mass is 9.83. The van der Waals surface area contributed by atoms with Crippen molar-refractivity contribution in [2.45, 2.75) is 50.1 Å². The van der Waals surface area contributed by atoms with E-state index in [0.29, 0.717) is 12.1 Å². The molecule has 0 spiro atoms.